The Hall–Kier alpha value is -1.95. The third kappa shape index (κ3) is 3.29. The van der Waals surface area contributed by atoms with E-state index in [4.69, 9.17) is 9.47 Å². The fourth-order valence-corrected chi connectivity index (χ4v) is 4.02. The van der Waals surface area contributed by atoms with Gasteiger partial charge in [0.15, 0.2) is 11.5 Å². The number of fused-ring (bicyclic) bond motifs is 2. The molecule has 3 heterocycles. The molecule has 3 aliphatic rings. The van der Waals surface area contributed by atoms with Crippen molar-refractivity contribution in [2.24, 2.45) is 0 Å². The topological polar surface area (TPSA) is 62.8 Å². The number of urea groups is 1. The summed E-state index contributed by atoms with van der Waals surface area (Å²) in [5, 5.41) is 6.13. The van der Waals surface area contributed by atoms with E-state index in [1.54, 1.807) is 0 Å². The molecule has 4 rings (SSSR count). The zero-order valence-corrected chi connectivity index (χ0v) is 13.9. The Morgan fingerprint density at radius 1 is 1.12 bits per heavy atom. The Bertz CT molecular complexity index is 607. The van der Waals surface area contributed by atoms with E-state index in [0.29, 0.717) is 25.8 Å². The highest BCUT2D eigenvalue weighted by molar-refractivity contribution is 5.74. The maximum Gasteiger partial charge on any atom is 0.315 e. The number of amides is 2. The minimum Gasteiger partial charge on any atom is -0.486 e. The maximum absolute atomic E-state index is 12.2. The van der Waals surface area contributed by atoms with Crippen LogP contribution in [-0.4, -0.2) is 49.3 Å². The number of hydrogen-bond acceptors (Lipinski definition) is 4. The first-order chi connectivity index (χ1) is 11.8. The molecular formula is C18H25N3O3. The van der Waals surface area contributed by atoms with Gasteiger partial charge in [-0.15, -0.1) is 0 Å². The third-order valence-electron chi connectivity index (χ3n) is 5.23. The van der Waals surface area contributed by atoms with E-state index < -0.39 is 0 Å². The molecule has 0 saturated carbocycles. The number of nitrogens with one attached hydrogen (secondary N) is 2. The molecule has 2 N–H and O–H groups in total. The molecule has 0 spiro atoms. The largest absolute Gasteiger partial charge is 0.486 e. The summed E-state index contributed by atoms with van der Waals surface area (Å²) in [6.07, 6.45) is 4.83. The SMILES string of the molecule is O=C(NCc1ccc2c(c1)OCCO2)N[C@@H]1CCN2CCCC[C@H]12. The Balaban J connectivity index is 1.29. The number of benzene rings is 1. The van der Waals surface area contributed by atoms with Gasteiger partial charge in [-0.2, -0.15) is 0 Å². The Kier molecular flexibility index (Phi) is 4.47. The summed E-state index contributed by atoms with van der Waals surface area (Å²) in [4.78, 5) is 14.8. The van der Waals surface area contributed by atoms with Crippen LogP contribution in [0.4, 0.5) is 4.79 Å². The molecule has 3 aliphatic heterocycles. The van der Waals surface area contributed by atoms with Crippen molar-refractivity contribution in [3.8, 4) is 11.5 Å². The molecule has 0 aliphatic carbocycles. The van der Waals surface area contributed by atoms with Gasteiger partial charge in [0, 0.05) is 25.2 Å². The minimum atomic E-state index is -0.0812. The fourth-order valence-electron chi connectivity index (χ4n) is 4.02. The molecule has 0 bridgehead atoms. The number of rotatable bonds is 3. The van der Waals surface area contributed by atoms with E-state index in [2.05, 4.69) is 15.5 Å². The molecule has 1 aromatic rings. The first-order valence-corrected chi connectivity index (χ1v) is 8.96. The maximum atomic E-state index is 12.2. The van der Waals surface area contributed by atoms with E-state index in [0.717, 1.165) is 30.0 Å². The van der Waals surface area contributed by atoms with Crippen molar-refractivity contribution in [2.45, 2.75) is 44.3 Å². The molecule has 24 heavy (non-hydrogen) atoms. The number of ether oxygens (including phenoxy) is 2. The van der Waals surface area contributed by atoms with Gasteiger partial charge in [-0.3, -0.25) is 4.90 Å². The van der Waals surface area contributed by atoms with Crippen LogP contribution in [-0.2, 0) is 6.54 Å². The van der Waals surface area contributed by atoms with E-state index >= 15 is 0 Å². The monoisotopic (exact) mass is 331 g/mol. The number of piperidine rings is 1. The summed E-state index contributed by atoms with van der Waals surface area (Å²) in [5.41, 5.74) is 1.01. The second-order valence-corrected chi connectivity index (χ2v) is 6.80. The zero-order chi connectivity index (χ0) is 16.4. The summed E-state index contributed by atoms with van der Waals surface area (Å²) >= 11 is 0. The molecule has 6 nitrogen and oxygen atoms in total. The standard InChI is InChI=1S/C18H25N3O3/c22-18(20-14-6-8-21-7-2-1-3-15(14)21)19-12-13-4-5-16-17(11-13)24-10-9-23-16/h4-5,11,14-15H,1-3,6-10,12H2,(H2,19,20,22)/t14-,15-/m1/s1. The highest BCUT2D eigenvalue weighted by Gasteiger charge is 2.36. The van der Waals surface area contributed by atoms with Crippen LogP contribution in [0.1, 0.15) is 31.2 Å². The van der Waals surface area contributed by atoms with E-state index in [1.165, 1.54) is 25.8 Å². The van der Waals surface area contributed by atoms with E-state index in [1.807, 2.05) is 18.2 Å². The lowest BCUT2D eigenvalue weighted by atomic mass is 9.99. The highest BCUT2D eigenvalue weighted by atomic mass is 16.6. The number of nitrogens with zero attached hydrogens (tertiary/aromatic N) is 1. The van der Waals surface area contributed by atoms with Gasteiger partial charge in [0.25, 0.3) is 0 Å². The predicted octanol–water partition coefficient (Wildman–Crippen LogP) is 1.88. The molecular weight excluding hydrogens is 306 g/mol. The Morgan fingerprint density at radius 2 is 2.00 bits per heavy atom. The summed E-state index contributed by atoms with van der Waals surface area (Å²) < 4.78 is 11.1. The van der Waals surface area contributed by atoms with Crippen LogP contribution >= 0.6 is 0 Å². The van der Waals surface area contributed by atoms with Crippen molar-refractivity contribution < 1.29 is 14.3 Å². The van der Waals surface area contributed by atoms with Gasteiger partial charge in [0.2, 0.25) is 0 Å². The second kappa shape index (κ2) is 6.89. The summed E-state index contributed by atoms with van der Waals surface area (Å²) in [5.74, 6) is 1.53. The molecule has 2 atom stereocenters. The van der Waals surface area contributed by atoms with Crippen molar-refractivity contribution in [3.05, 3.63) is 23.8 Å². The van der Waals surface area contributed by atoms with Gasteiger partial charge in [-0.1, -0.05) is 12.5 Å². The lowest BCUT2D eigenvalue weighted by Gasteiger charge is -2.32. The summed E-state index contributed by atoms with van der Waals surface area (Å²) in [6, 6.07) is 6.53. The molecule has 2 saturated heterocycles. The van der Waals surface area contributed by atoms with Crippen LogP contribution in [0.2, 0.25) is 0 Å². The second-order valence-electron chi connectivity index (χ2n) is 6.80. The van der Waals surface area contributed by atoms with Crippen LogP contribution in [0.5, 0.6) is 11.5 Å². The van der Waals surface area contributed by atoms with Crippen LogP contribution in [0.3, 0.4) is 0 Å². The average Bonchev–Trinajstić information content (AvgIpc) is 3.03. The van der Waals surface area contributed by atoms with Crippen molar-refractivity contribution in [1.29, 1.82) is 0 Å². The lowest BCUT2D eigenvalue weighted by molar-refractivity contribution is 0.171. The molecule has 0 radical (unpaired) electrons. The van der Waals surface area contributed by atoms with Crippen molar-refractivity contribution in [2.75, 3.05) is 26.3 Å². The first kappa shape index (κ1) is 15.6. The van der Waals surface area contributed by atoms with Crippen LogP contribution < -0.4 is 20.1 Å². The van der Waals surface area contributed by atoms with Crippen molar-refractivity contribution >= 4 is 6.03 Å². The van der Waals surface area contributed by atoms with Gasteiger partial charge < -0.3 is 20.1 Å². The molecule has 130 valence electrons. The summed E-state index contributed by atoms with van der Waals surface area (Å²) in [6.45, 7) is 3.94. The van der Waals surface area contributed by atoms with Gasteiger partial charge in [-0.05, 0) is 43.5 Å². The van der Waals surface area contributed by atoms with Crippen LogP contribution in [0.25, 0.3) is 0 Å². The first-order valence-electron chi connectivity index (χ1n) is 8.96. The molecule has 0 unspecified atom stereocenters. The normalized spacial score (nSPS) is 25.8. The van der Waals surface area contributed by atoms with Crippen LogP contribution in [0, 0.1) is 0 Å². The average molecular weight is 331 g/mol. The fraction of sp³-hybridized carbons (Fsp3) is 0.611. The smallest absolute Gasteiger partial charge is 0.315 e. The Labute approximate surface area is 142 Å². The van der Waals surface area contributed by atoms with Gasteiger partial charge in [0.05, 0.1) is 0 Å². The molecule has 2 fully saturated rings. The third-order valence-corrected chi connectivity index (χ3v) is 5.23. The predicted molar refractivity (Wildman–Crippen MR) is 90.4 cm³/mol. The molecule has 6 heteroatoms. The highest BCUT2D eigenvalue weighted by Crippen LogP contribution is 2.30. The number of hydrogen-bond donors (Lipinski definition) is 2. The van der Waals surface area contributed by atoms with Gasteiger partial charge in [-0.25, -0.2) is 4.79 Å². The Morgan fingerprint density at radius 3 is 2.92 bits per heavy atom. The summed E-state index contributed by atoms with van der Waals surface area (Å²) in [7, 11) is 0. The van der Waals surface area contributed by atoms with Gasteiger partial charge in [0.1, 0.15) is 13.2 Å². The van der Waals surface area contributed by atoms with Crippen molar-refractivity contribution in [1.82, 2.24) is 15.5 Å². The van der Waals surface area contributed by atoms with Crippen molar-refractivity contribution in [3.63, 3.8) is 0 Å². The molecule has 2 amide bonds. The van der Waals surface area contributed by atoms with Gasteiger partial charge >= 0.3 is 6.03 Å². The lowest BCUT2D eigenvalue weighted by Crippen LogP contribution is -2.49. The quantitative estimate of drug-likeness (QED) is 0.888. The van der Waals surface area contributed by atoms with Crippen LogP contribution in [0.15, 0.2) is 18.2 Å². The number of carbonyl (C=O) groups is 1. The number of carbonyl (C=O) groups excluding carboxylic acids is 1. The minimum absolute atomic E-state index is 0.0812. The van der Waals surface area contributed by atoms with E-state index in [-0.39, 0.29) is 12.1 Å². The zero-order valence-electron chi connectivity index (χ0n) is 13.9. The molecule has 1 aromatic carbocycles. The van der Waals surface area contributed by atoms with E-state index in [9.17, 15) is 4.79 Å². The molecule has 0 aromatic heterocycles.